The van der Waals surface area contributed by atoms with Gasteiger partial charge in [-0.3, -0.25) is 0 Å². The molecule has 20 heavy (non-hydrogen) atoms. The van der Waals surface area contributed by atoms with Gasteiger partial charge in [-0.15, -0.1) is 0 Å². The number of oxazole rings is 1. The summed E-state index contributed by atoms with van der Waals surface area (Å²) in [4.78, 5) is 4.21. The highest BCUT2D eigenvalue weighted by atomic mass is 19.4. The Morgan fingerprint density at radius 2 is 1.95 bits per heavy atom. The predicted octanol–water partition coefficient (Wildman–Crippen LogP) is 4.25. The molecule has 0 aliphatic heterocycles. The molecule has 0 spiro atoms. The van der Waals surface area contributed by atoms with Crippen LogP contribution in [0.4, 0.5) is 18.9 Å². The molecule has 2 N–H and O–H groups in total. The summed E-state index contributed by atoms with van der Waals surface area (Å²) in [5.74, 6) is -1.85. The first-order valence-electron chi connectivity index (χ1n) is 6.68. The van der Waals surface area contributed by atoms with Crippen molar-refractivity contribution in [2.24, 2.45) is 5.92 Å². The smallest absolute Gasteiger partial charge is 0.392 e. The Morgan fingerprint density at radius 1 is 1.20 bits per heavy atom. The molecule has 3 rings (SSSR count). The van der Waals surface area contributed by atoms with Crippen LogP contribution in [0.15, 0.2) is 22.6 Å². The number of anilines is 1. The van der Waals surface area contributed by atoms with Gasteiger partial charge < -0.3 is 10.2 Å². The molecule has 0 radical (unpaired) electrons. The highest BCUT2D eigenvalue weighted by Gasteiger charge is 2.47. The molecule has 1 heterocycles. The number of halogens is 3. The van der Waals surface area contributed by atoms with Crippen molar-refractivity contribution < 1.29 is 17.6 Å². The van der Waals surface area contributed by atoms with Crippen LogP contribution in [0.2, 0.25) is 0 Å². The van der Waals surface area contributed by atoms with Crippen LogP contribution in [-0.4, -0.2) is 11.2 Å². The maximum Gasteiger partial charge on any atom is 0.392 e. The van der Waals surface area contributed by atoms with Gasteiger partial charge >= 0.3 is 6.18 Å². The molecule has 3 nitrogen and oxygen atoms in total. The van der Waals surface area contributed by atoms with Crippen molar-refractivity contribution in [1.82, 2.24) is 4.98 Å². The molecule has 1 fully saturated rings. The van der Waals surface area contributed by atoms with Crippen molar-refractivity contribution in [2.75, 3.05) is 5.73 Å². The number of hydrogen-bond donors (Lipinski definition) is 1. The van der Waals surface area contributed by atoms with E-state index in [1.54, 1.807) is 18.2 Å². The summed E-state index contributed by atoms with van der Waals surface area (Å²) in [6.07, 6.45) is -2.21. The first kappa shape index (κ1) is 13.3. The Bertz CT molecular complexity index is 620. The van der Waals surface area contributed by atoms with E-state index in [1.165, 1.54) is 0 Å². The fraction of sp³-hybridized carbons (Fsp3) is 0.500. The number of hydrogen-bond acceptors (Lipinski definition) is 3. The second-order valence-corrected chi connectivity index (χ2v) is 5.32. The van der Waals surface area contributed by atoms with Crippen molar-refractivity contribution in [2.45, 2.75) is 37.8 Å². The van der Waals surface area contributed by atoms with E-state index >= 15 is 0 Å². The summed E-state index contributed by atoms with van der Waals surface area (Å²) in [5, 5.41) is 0. The molecule has 1 aromatic carbocycles. The van der Waals surface area contributed by atoms with Crippen LogP contribution in [0.5, 0.6) is 0 Å². The highest BCUT2D eigenvalue weighted by molar-refractivity contribution is 5.76. The minimum Gasteiger partial charge on any atom is -0.440 e. The number of rotatable bonds is 1. The van der Waals surface area contributed by atoms with Gasteiger partial charge in [0, 0.05) is 11.6 Å². The third-order valence-electron chi connectivity index (χ3n) is 3.93. The van der Waals surface area contributed by atoms with Crippen LogP contribution < -0.4 is 5.73 Å². The van der Waals surface area contributed by atoms with E-state index in [1.807, 2.05) is 0 Å². The molecule has 2 aromatic rings. The number of alkyl halides is 3. The monoisotopic (exact) mass is 284 g/mol. The topological polar surface area (TPSA) is 52.0 Å². The second kappa shape index (κ2) is 4.68. The van der Waals surface area contributed by atoms with E-state index in [0.717, 1.165) is 6.42 Å². The van der Waals surface area contributed by atoms with Crippen molar-refractivity contribution in [3.63, 3.8) is 0 Å². The molecule has 1 aromatic heterocycles. The van der Waals surface area contributed by atoms with E-state index in [0.29, 0.717) is 29.6 Å². The lowest BCUT2D eigenvalue weighted by Gasteiger charge is -2.30. The molecule has 0 bridgehead atoms. The second-order valence-electron chi connectivity index (χ2n) is 5.32. The van der Waals surface area contributed by atoms with Gasteiger partial charge in [0.05, 0.1) is 5.92 Å². The van der Waals surface area contributed by atoms with Gasteiger partial charge in [-0.2, -0.15) is 13.2 Å². The van der Waals surface area contributed by atoms with Gasteiger partial charge in [0.15, 0.2) is 11.5 Å². The van der Waals surface area contributed by atoms with Gasteiger partial charge in [0.2, 0.25) is 0 Å². The first-order valence-corrected chi connectivity index (χ1v) is 6.68. The Labute approximate surface area is 114 Å². The zero-order valence-corrected chi connectivity index (χ0v) is 10.8. The standard InChI is InChI=1S/C14H15F3N2O/c15-14(16,17)10-4-2-1-3-9(10)13-19-11-7-8(18)5-6-12(11)20-13/h5-7,9-10H,1-4,18H2. The molecular formula is C14H15F3N2O. The van der Waals surface area contributed by atoms with E-state index in [4.69, 9.17) is 10.2 Å². The van der Waals surface area contributed by atoms with Gasteiger partial charge in [0.1, 0.15) is 5.52 Å². The largest absolute Gasteiger partial charge is 0.440 e. The summed E-state index contributed by atoms with van der Waals surface area (Å²) >= 11 is 0. The first-order chi connectivity index (χ1) is 9.45. The maximum atomic E-state index is 13.1. The van der Waals surface area contributed by atoms with E-state index in [-0.39, 0.29) is 12.3 Å². The zero-order valence-electron chi connectivity index (χ0n) is 10.8. The summed E-state index contributed by atoms with van der Waals surface area (Å²) in [7, 11) is 0. The zero-order chi connectivity index (χ0) is 14.3. The third kappa shape index (κ3) is 2.34. The lowest BCUT2D eigenvalue weighted by atomic mass is 9.78. The average molecular weight is 284 g/mol. The molecule has 0 saturated heterocycles. The fourth-order valence-electron chi connectivity index (χ4n) is 2.94. The molecule has 108 valence electrons. The van der Waals surface area contributed by atoms with E-state index in [2.05, 4.69) is 4.98 Å². The number of nitrogens with zero attached hydrogens (tertiary/aromatic N) is 1. The normalized spacial score (nSPS) is 24.1. The third-order valence-corrected chi connectivity index (χ3v) is 3.93. The van der Waals surface area contributed by atoms with E-state index in [9.17, 15) is 13.2 Å². The van der Waals surface area contributed by atoms with Crippen LogP contribution in [0, 0.1) is 5.92 Å². The quantitative estimate of drug-likeness (QED) is 0.797. The van der Waals surface area contributed by atoms with Crippen molar-refractivity contribution >= 4 is 16.8 Å². The Morgan fingerprint density at radius 3 is 2.70 bits per heavy atom. The van der Waals surface area contributed by atoms with Gasteiger partial charge in [-0.05, 0) is 31.0 Å². The molecule has 0 amide bonds. The Kier molecular flexibility index (Phi) is 3.11. The van der Waals surface area contributed by atoms with Crippen molar-refractivity contribution in [3.05, 3.63) is 24.1 Å². The van der Waals surface area contributed by atoms with Crippen molar-refractivity contribution in [1.29, 1.82) is 0 Å². The van der Waals surface area contributed by atoms with Crippen molar-refractivity contribution in [3.8, 4) is 0 Å². The Balaban J connectivity index is 1.99. The van der Waals surface area contributed by atoms with Crippen LogP contribution in [0.25, 0.3) is 11.1 Å². The fourth-order valence-corrected chi connectivity index (χ4v) is 2.94. The molecule has 2 atom stereocenters. The minimum absolute atomic E-state index is 0.148. The van der Waals surface area contributed by atoms with Gasteiger partial charge in [0.25, 0.3) is 0 Å². The summed E-state index contributed by atoms with van der Waals surface area (Å²) in [6.45, 7) is 0. The molecular weight excluding hydrogens is 269 g/mol. The predicted molar refractivity (Wildman–Crippen MR) is 69.2 cm³/mol. The number of aromatic nitrogens is 1. The van der Waals surface area contributed by atoms with Crippen LogP contribution in [0.1, 0.15) is 37.5 Å². The lowest BCUT2D eigenvalue weighted by molar-refractivity contribution is -0.188. The molecule has 1 aliphatic carbocycles. The molecule has 1 saturated carbocycles. The highest BCUT2D eigenvalue weighted by Crippen LogP contribution is 2.46. The van der Waals surface area contributed by atoms with Crippen LogP contribution in [0.3, 0.4) is 0 Å². The summed E-state index contributed by atoms with van der Waals surface area (Å²) in [5.41, 5.74) is 7.17. The number of benzene rings is 1. The van der Waals surface area contributed by atoms with Gasteiger partial charge in [-0.1, -0.05) is 12.8 Å². The molecule has 6 heteroatoms. The molecule has 1 aliphatic rings. The number of nitrogen functional groups attached to an aromatic ring is 1. The molecule has 2 unspecified atom stereocenters. The summed E-state index contributed by atoms with van der Waals surface area (Å²) < 4.78 is 44.8. The average Bonchev–Trinajstić information content (AvgIpc) is 2.80. The van der Waals surface area contributed by atoms with Crippen LogP contribution in [-0.2, 0) is 0 Å². The number of nitrogens with two attached hydrogens (primary N) is 1. The lowest BCUT2D eigenvalue weighted by Crippen LogP contribution is -2.31. The van der Waals surface area contributed by atoms with Crippen LogP contribution >= 0.6 is 0 Å². The minimum atomic E-state index is -4.20. The summed E-state index contributed by atoms with van der Waals surface area (Å²) in [6, 6.07) is 4.92. The van der Waals surface area contributed by atoms with Gasteiger partial charge in [-0.25, -0.2) is 4.98 Å². The SMILES string of the molecule is Nc1ccc2oc(C3CCCCC3C(F)(F)F)nc2c1. The number of fused-ring (bicyclic) bond motifs is 1. The maximum absolute atomic E-state index is 13.1. The Hall–Kier alpha value is -1.72. The van der Waals surface area contributed by atoms with E-state index < -0.39 is 18.0 Å².